The van der Waals surface area contributed by atoms with Crippen LogP contribution in [0.15, 0.2) is 83.8 Å². The highest BCUT2D eigenvalue weighted by Crippen LogP contribution is 2.32. The molecule has 0 saturated carbocycles. The van der Waals surface area contributed by atoms with Crippen molar-refractivity contribution in [1.82, 2.24) is 19.2 Å². The SMILES string of the molecule is CCOc1ccc(-c2nn(-c3ccccc3)cc2/C=c2\sc3nc4ccccc4n3c2=O)cc1Cl. The van der Waals surface area contributed by atoms with Gasteiger partial charge in [-0.3, -0.25) is 4.79 Å². The number of para-hydroxylation sites is 3. The van der Waals surface area contributed by atoms with Crippen LogP contribution >= 0.6 is 22.9 Å². The van der Waals surface area contributed by atoms with E-state index in [1.54, 1.807) is 4.40 Å². The van der Waals surface area contributed by atoms with E-state index in [1.807, 2.05) is 96.7 Å². The summed E-state index contributed by atoms with van der Waals surface area (Å²) < 4.78 is 9.65. The molecule has 6 nitrogen and oxygen atoms in total. The van der Waals surface area contributed by atoms with Crippen LogP contribution in [0.25, 0.3) is 39.0 Å². The summed E-state index contributed by atoms with van der Waals surface area (Å²) >= 11 is 7.85. The standard InChI is InChI=1S/C27H19ClN4O2S/c1-2-34-23-13-12-17(14-20(23)28)25-18(16-31(30-25)19-8-4-3-5-9-19)15-24-26(33)32-22-11-7-6-10-21(22)29-27(32)35-24/h3-16H,2H2,1H3/b24-15-. The van der Waals surface area contributed by atoms with Crippen LogP contribution in [0.1, 0.15) is 12.5 Å². The van der Waals surface area contributed by atoms with Crippen molar-refractivity contribution >= 4 is 45.0 Å². The molecule has 35 heavy (non-hydrogen) atoms. The van der Waals surface area contributed by atoms with Gasteiger partial charge in [0.15, 0.2) is 4.96 Å². The fourth-order valence-corrected chi connectivity index (χ4v) is 5.32. The third kappa shape index (κ3) is 3.79. The molecule has 3 heterocycles. The van der Waals surface area contributed by atoms with Crippen molar-refractivity contribution in [2.45, 2.75) is 6.92 Å². The van der Waals surface area contributed by atoms with Gasteiger partial charge in [-0.05, 0) is 55.5 Å². The number of ether oxygens (including phenoxy) is 1. The van der Waals surface area contributed by atoms with Gasteiger partial charge in [0.05, 0.1) is 32.9 Å². The molecule has 0 unspecified atom stereocenters. The van der Waals surface area contributed by atoms with E-state index in [4.69, 9.17) is 21.4 Å². The maximum absolute atomic E-state index is 13.3. The topological polar surface area (TPSA) is 61.4 Å². The molecule has 0 spiro atoms. The van der Waals surface area contributed by atoms with Crippen molar-refractivity contribution in [2.24, 2.45) is 0 Å². The lowest BCUT2D eigenvalue weighted by Gasteiger charge is -2.07. The van der Waals surface area contributed by atoms with Gasteiger partial charge in [-0.25, -0.2) is 14.1 Å². The van der Waals surface area contributed by atoms with Gasteiger partial charge in [0.1, 0.15) is 11.4 Å². The molecule has 0 saturated heterocycles. The first-order valence-corrected chi connectivity index (χ1v) is 12.3. The highest BCUT2D eigenvalue weighted by Gasteiger charge is 2.15. The van der Waals surface area contributed by atoms with E-state index in [1.165, 1.54) is 11.3 Å². The van der Waals surface area contributed by atoms with Gasteiger partial charge in [-0.15, -0.1) is 0 Å². The minimum Gasteiger partial charge on any atom is -0.492 e. The molecule has 0 bridgehead atoms. The van der Waals surface area contributed by atoms with Crippen LogP contribution in [-0.4, -0.2) is 25.8 Å². The van der Waals surface area contributed by atoms with Crippen molar-refractivity contribution in [3.63, 3.8) is 0 Å². The highest BCUT2D eigenvalue weighted by molar-refractivity contribution is 7.15. The molecule has 6 aromatic rings. The van der Waals surface area contributed by atoms with Crippen molar-refractivity contribution in [3.05, 3.63) is 104 Å². The Hall–Kier alpha value is -3.94. The van der Waals surface area contributed by atoms with Crippen LogP contribution in [0, 0.1) is 0 Å². The van der Waals surface area contributed by atoms with Gasteiger partial charge in [-0.1, -0.05) is 53.3 Å². The molecule has 0 atom stereocenters. The van der Waals surface area contributed by atoms with E-state index in [9.17, 15) is 4.79 Å². The Morgan fingerprint density at radius 2 is 1.86 bits per heavy atom. The molecule has 3 aromatic heterocycles. The quantitative estimate of drug-likeness (QED) is 0.321. The van der Waals surface area contributed by atoms with E-state index < -0.39 is 0 Å². The maximum Gasteiger partial charge on any atom is 0.274 e. The predicted molar refractivity (Wildman–Crippen MR) is 141 cm³/mol. The van der Waals surface area contributed by atoms with E-state index in [2.05, 4.69) is 4.98 Å². The van der Waals surface area contributed by atoms with Gasteiger partial charge in [0, 0.05) is 17.3 Å². The third-order valence-electron chi connectivity index (χ3n) is 5.70. The molecule has 0 radical (unpaired) electrons. The maximum atomic E-state index is 13.3. The smallest absolute Gasteiger partial charge is 0.274 e. The minimum absolute atomic E-state index is 0.0955. The van der Waals surface area contributed by atoms with Crippen LogP contribution in [0.2, 0.25) is 5.02 Å². The number of halogens is 1. The zero-order valence-electron chi connectivity index (χ0n) is 18.7. The van der Waals surface area contributed by atoms with E-state index in [0.29, 0.717) is 32.6 Å². The molecule has 0 amide bonds. The highest BCUT2D eigenvalue weighted by atomic mass is 35.5. The number of fused-ring (bicyclic) bond motifs is 3. The van der Waals surface area contributed by atoms with Crippen LogP contribution < -0.4 is 14.8 Å². The molecule has 0 aliphatic carbocycles. The largest absolute Gasteiger partial charge is 0.492 e. The molecular weight excluding hydrogens is 480 g/mol. The summed E-state index contributed by atoms with van der Waals surface area (Å²) in [6, 6.07) is 23.1. The molecule has 0 aliphatic rings. The first-order valence-electron chi connectivity index (χ1n) is 11.1. The van der Waals surface area contributed by atoms with Gasteiger partial charge >= 0.3 is 0 Å². The number of imidazole rings is 1. The monoisotopic (exact) mass is 498 g/mol. The molecule has 0 fully saturated rings. The lowest BCUT2D eigenvalue weighted by Crippen LogP contribution is -2.22. The van der Waals surface area contributed by atoms with Gasteiger partial charge in [0.25, 0.3) is 5.56 Å². The second kappa shape index (κ2) is 8.69. The van der Waals surface area contributed by atoms with Gasteiger partial charge in [-0.2, -0.15) is 5.10 Å². The molecule has 0 N–H and O–H groups in total. The van der Waals surface area contributed by atoms with E-state index in [-0.39, 0.29) is 5.56 Å². The van der Waals surface area contributed by atoms with Gasteiger partial charge < -0.3 is 4.74 Å². The second-order valence-corrected chi connectivity index (χ2v) is 9.34. The zero-order chi connectivity index (χ0) is 23.9. The fourth-order valence-electron chi connectivity index (χ4n) is 4.10. The Kier molecular flexibility index (Phi) is 5.36. The van der Waals surface area contributed by atoms with Gasteiger partial charge in [0.2, 0.25) is 0 Å². The summed E-state index contributed by atoms with van der Waals surface area (Å²) in [4.78, 5) is 18.6. The number of hydrogen-bond donors (Lipinski definition) is 0. The summed E-state index contributed by atoms with van der Waals surface area (Å²) in [6.07, 6.45) is 3.80. The van der Waals surface area contributed by atoms with Crippen molar-refractivity contribution in [3.8, 4) is 22.7 Å². The molecule has 3 aromatic carbocycles. The zero-order valence-corrected chi connectivity index (χ0v) is 20.3. The van der Waals surface area contributed by atoms with E-state index in [0.717, 1.165) is 27.8 Å². The van der Waals surface area contributed by atoms with Crippen molar-refractivity contribution in [1.29, 1.82) is 0 Å². The fraction of sp³-hybridized carbons (Fsp3) is 0.0741. The summed E-state index contributed by atoms with van der Waals surface area (Å²) in [5, 5.41) is 5.36. The van der Waals surface area contributed by atoms with Crippen LogP contribution in [0.3, 0.4) is 0 Å². The Balaban J connectivity index is 1.55. The minimum atomic E-state index is -0.0955. The molecular formula is C27H19ClN4O2S. The average Bonchev–Trinajstić information content (AvgIpc) is 3.54. The first kappa shape index (κ1) is 21.6. The van der Waals surface area contributed by atoms with Crippen LogP contribution in [-0.2, 0) is 0 Å². The van der Waals surface area contributed by atoms with Crippen molar-refractivity contribution in [2.75, 3.05) is 6.61 Å². The summed E-state index contributed by atoms with van der Waals surface area (Å²) in [5.74, 6) is 0.624. The third-order valence-corrected chi connectivity index (χ3v) is 6.96. The Morgan fingerprint density at radius 1 is 1.06 bits per heavy atom. The summed E-state index contributed by atoms with van der Waals surface area (Å²) in [6.45, 7) is 2.45. The second-order valence-electron chi connectivity index (χ2n) is 7.93. The number of thiazole rings is 1. The number of hydrogen-bond acceptors (Lipinski definition) is 5. The van der Waals surface area contributed by atoms with Crippen molar-refractivity contribution < 1.29 is 4.74 Å². The lowest BCUT2D eigenvalue weighted by molar-refractivity contribution is 0.340. The first-order chi connectivity index (χ1) is 17.1. The molecule has 8 heteroatoms. The van der Waals surface area contributed by atoms with Crippen LogP contribution in [0.5, 0.6) is 5.75 Å². The summed E-state index contributed by atoms with van der Waals surface area (Å²) in [5.41, 5.74) is 4.79. The van der Waals surface area contributed by atoms with E-state index >= 15 is 0 Å². The lowest BCUT2D eigenvalue weighted by atomic mass is 10.1. The number of benzene rings is 3. The number of aromatic nitrogens is 4. The summed E-state index contributed by atoms with van der Waals surface area (Å²) in [7, 11) is 0. The normalized spacial score (nSPS) is 12.1. The number of nitrogens with zero attached hydrogens (tertiary/aromatic N) is 4. The number of rotatable bonds is 5. The predicted octanol–water partition coefficient (Wildman–Crippen LogP) is 5.36. The average molecular weight is 499 g/mol. The molecule has 6 rings (SSSR count). The Morgan fingerprint density at radius 3 is 2.66 bits per heavy atom. The Bertz CT molecular complexity index is 1800. The van der Waals surface area contributed by atoms with Crippen LogP contribution in [0.4, 0.5) is 0 Å². The Labute approximate surface area is 209 Å². The molecule has 0 aliphatic heterocycles. The molecule has 172 valence electrons.